The Bertz CT molecular complexity index is 884. The molecule has 7 nitrogen and oxygen atoms in total. The molecule has 2 heterocycles. The highest BCUT2D eigenvalue weighted by Crippen LogP contribution is 2.26. The molecule has 1 aromatic carbocycles. The number of pyridine rings is 1. The van der Waals surface area contributed by atoms with E-state index in [9.17, 15) is 18.4 Å². The molecule has 1 aliphatic rings. The Hall–Kier alpha value is -3.07. The van der Waals surface area contributed by atoms with Gasteiger partial charge < -0.3 is 20.5 Å². The molecule has 9 heteroatoms. The van der Waals surface area contributed by atoms with Crippen LogP contribution in [0.3, 0.4) is 0 Å². The molecule has 0 aliphatic carbocycles. The minimum absolute atomic E-state index is 0.0347. The monoisotopic (exact) mass is 421 g/mol. The molecule has 0 saturated carbocycles. The van der Waals surface area contributed by atoms with E-state index in [4.69, 9.17) is 15.2 Å². The third kappa shape index (κ3) is 6.21. The molecule has 1 fully saturated rings. The molecule has 3 atom stereocenters. The second-order valence-electron chi connectivity index (χ2n) is 6.81. The van der Waals surface area contributed by atoms with Gasteiger partial charge in [-0.05, 0) is 50.5 Å². The van der Waals surface area contributed by atoms with Crippen molar-refractivity contribution in [1.29, 1.82) is 0 Å². The number of amides is 2. The van der Waals surface area contributed by atoms with Gasteiger partial charge in [0.2, 0.25) is 5.82 Å². The molecule has 1 aliphatic heterocycles. The van der Waals surface area contributed by atoms with Crippen LogP contribution in [0.4, 0.5) is 14.5 Å². The van der Waals surface area contributed by atoms with E-state index in [0.717, 1.165) is 6.07 Å². The standard InChI is InChI=1S/C13H17N3O3.C8H8F2O/c1-7-5-11(19-8(7)2)13(18)16-9-3-4-15-10(6-9)12(14)17;1-2-11-7-5-3-4-6(9)8(7)10/h3-4,6-8,11H,5H2,1-2H3,(H2,14,17)(H,15,16,18);3-5H,2H2,1H3/t7?,8?,11-;/m1./s1. The van der Waals surface area contributed by atoms with Gasteiger partial charge in [-0.2, -0.15) is 4.39 Å². The first-order valence-electron chi connectivity index (χ1n) is 9.51. The quantitative estimate of drug-likeness (QED) is 0.771. The Labute approximate surface area is 173 Å². The predicted molar refractivity (Wildman–Crippen MR) is 107 cm³/mol. The Morgan fingerprint density at radius 3 is 2.63 bits per heavy atom. The highest BCUT2D eigenvalue weighted by atomic mass is 19.2. The number of benzene rings is 1. The third-order valence-electron chi connectivity index (χ3n) is 4.55. The first kappa shape index (κ1) is 23.2. The van der Waals surface area contributed by atoms with Gasteiger partial charge >= 0.3 is 0 Å². The van der Waals surface area contributed by atoms with Crippen molar-refractivity contribution in [1.82, 2.24) is 4.98 Å². The molecule has 3 N–H and O–H groups in total. The summed E-state index contributed by atoms with van der Waals surface area (Å²) in [6.45, 7) is 6.05. The molecule has 0 radical (unpaired) electrons. The van der Waals surface area contributed by atoms with Crippen LogP contribution in [0.25, 0.3) is 0 Å². The Morgan fingerprint density at radius 2 is 2.03 bits per heavy atom. The number of anilines is 1. The number of carbonyl (C=O) groups is 2. The van der Waals surface area contributed by atoms with Crippen molar-refractivity contribution in [3.05, 3.63) is 53.9 Å². The lowest BCUT2D eigenvalue weighted by Gasteiger charge is -2.11. The van der Waals surface area contributed by atoms with E-state index in [2.05, 4.69) is 17.2 Å². The largest absolute Gasteiger partial charge is 0.491 e. The number of hydrogen-bond acceptors (Lipinski definition) is 5. The summed E-state index contributed by atoms with van der Waals surface area (Å²) >= 11 is 0. The molecule has 1 saturated heterocycles. The number of primary amides is 1. The number of rotatable bonds is 5. The van der Waals surface area contributed by atoms with Crippen molar-refractivity contribution < 1.29 is 27.8 Å². The van der Waals surface area contributed by atoms with Crippen molar-refractivity contribution in [3.8, 4) is 5.75 Å². The van der Waals surface area contributed by atoms with Crippen molar-refractivity contribution >= 4 is 17.5 Å². The fourth-order valence-electron chi connectivity index (χ4n) is 2.76. The minimum atomic E-state index is -0.922. The summed E-state index contributed by atoms with van der Waals surface area (Å²) in [5, 5.41) is 2.71. The number of hydrogen-bond donors (Lipinski definition) is 2. The molecule has 0 spiro atoms. The second kappa shape index (κ2) is 10.6. The first-order chi connectivity index (χ1) is 14.2. The van der Waals surface area contributed by atoms with E-state index in [-0.39, 0.29) is 23.5 Å². The highest BCUT2D eigenvalue weighted by molar-refractivity contribution is 5.96. The number of nitrogens with two attached hydrogens (primary N) is 1. The van der Waals surface area contributed by atoms with Crippen LogP contribution >= 0.6 is 0 Å². The fraction of sp³-hybridized carbons (Fsp3) is 0.381. The zero-order valence-electron chi connectivity index (χ0n) is 17.0. The van der Waals surface area contributed by atoms with Crippen LogP contribution < -0.4 is 15.8 Å². The van der Waals surface area contributed by atoms with E-state index in [1.165, 1.54) is 24.4 Å². The Balaban J connectivity index is 0.000000248. The van der Waals surface area contributed by atoms with Gasteiger partial charge in [-0.25, -0.2) is 4.39 Å². The van der Waals surface area contributed by atoms with Crippen LogP contribution in [-0.2, 0) is 9.53 Å². The molecule has 3 rings (SSSR count). The average molecular weight is 421 g/mol. The number of nitrogens with one attached hydrogen (secondary N) is 1. The molecule has 2 aromatic rings. The lowest BCUT2D eigenvalue weighted by molar-refractivity contribution is -0.126. The van der Waals surface area contributed by atoms with Crippen LogP contribution in [0.15, 0.2) is 36.5 Å². The van der Waals surface area contributed by atoms with E-state index in [1.807, 2.05) is 6.92 Å². The van der Waals surface area contributed by atoms with Gasteiger partial charge in [0.25, 0.3) is 11.8 Å². The molecule has 2 unspecified atom stereocenters. The van der Waals surface area contributed by atoms with Gasteiger partial charge in [-0.1, -0.05) is 13.0 Å². The van der Waals surface area contributed by atoms with Crippen LogP contribution in [0.5, 0.6) is 5.75 Å². The minimum Gasteiger partial charge on any atom is -0.491 e. The SMILES string of the molecule is CC1C[C@H](C(=O)Nc2ccnc(C(N)=O)c2)OC1C.CCOc1cccc(F)c1F. The summed E-state index contributed by atoms with van der Waals surface area (Å²) in [4.78, 5) is 26.8. The summed E-state index contributed by atoms with van der Waals surface area (Å²) < 4.78 is 35.5. The van der Waals surface area contributed by atoms with Gasteiger partial charge in [-0.15, -0.1) is 0 Å². The van der Waals surface area contributed by atoms with Gasteiger partial charge in [0.05, 0.1) is 12.7 Å². The predicted octanol–water partition coefficient (Wildman–Crippen LogP) is 3.30. The average Bonchev–Trinajstić information content (AvgIpc) is 3.05. The van der Waals surface area contributed by atoms with Crippen LogP contribution in [0.2, 0.25) is 0 Å². The topological polar surface area (TPSA) is 104 Å². The second-order valence-corrected chi connectivity index (χ2v) is 6.81. The Morgan fingerprint density at radius 1 is 1.30 bits per heavy atom. The Kier molecular flexibility index (Phi) is 8.23. The summed E-state index contributed by atoms with van der Waals surface area (Å²) in [7, 11) is 0. The maximum Gasteiger partial charge on any atom is 0.267 e. The van der Waals surface area contributed by atoms with E-state index in [1.54, 1.807) is 13.0 Å². The number of nitrogens with zero attached hydrogens (tertiary/aromatic N) is 1. The fourth-order valence-corrected chi connectivity index (χ4v) is 2.76. The molecule has 0 bridgehead atoms. The van der Waals surface area contributed by atoms with E-state index < -0.39 is 23.6 Å². The van der Waals surface area contributed by atoms with Crippen LogP contribution in [0, 0.1) is 17.6 Å². The molecular weight excluding hydrogens is 396 g/mol. The van der Waals surface area contributed by atoms with Gasteiger partial charge in [0, 0.05) is 11.9 Å². The summed E-state index contributed by atoms with van der Waals surface area (Å²) in [6.07, 6.45) is 1.75. The van der Waals surface area contributed by atoms with Crippen LogP contribution in [0.1, 0.15) is 37.7 Å². The normalized spacial score (nSPS) is 20.1. The zero-order chi connectivity index (χ0) is 22.3. The molecule has 162 valence electrons. The maximum absolute atomic E-state index is 12.7. The zero-order valence-corrected chi connectivity index (χ0v) is 17.0. The summed E-state index contributed by atoms with van der Waals surface area (Å²) in [5.74, 6) is -2.32. The van der Waals surface area contributed by atoms with Crippen molar-refractivity contribution in [3.63, 3.8) is 0 Å². The van der Waals surface area contributed by atoms with Gasteiger partial charge in [-0.3, -0.25) is 14.6 Å². The number of aromatic nitrogens is 1. The van der Waals surface area contributed by atoms with Gasteiger partial charge in [0.15, 0.2) is 11.6 Å². The van der Waals surface area contributed by atoms with E-state index >= 15 is 0 Å². The van der Waals surface area contributed by atoms with E-state index in [0.29, 0.717) is 24.6 Å². The lowest BCUT2D eigenvalue weighted by atomic mass is 10.0. The molecule has 1 aromatic heterocycles. The van der Waals surface area contributed by atoms with Crippen LogP contribution in [-0.4, -0.2) is 35.6 Å². The molecular formula is C21H25F2N3O4. The summed E-state index contributed by atoms with van der Waals surface area (Å²) in [5.41, 5.74) is 5.74. The number of ether oxygens (including phenoxy) is 2. The van der Waals surface area contributed by atoms with Crippen molar-refractivity contribution in [2.45, 2.75) is 39.4 Å². The molecule has 30 heavy (non-hydrogen) atoms. The first-order valence-corrected chi connectivity index (χ1v) is 9.51. The maximum atomic E-state index is 12.7. The lowest BCUT2D eigenvalue weighted by Crippen LogP contribution is -2.28. The molecule has 2 amide bonds. The third-order valence-corrected chi connectivity index (χ3v) is 4.55. The number of carbonyl (C=O) groups excluding carboxylic acids is 2. The summed E-state index contributed by atoms with van der Waals surface area (Å²) in [6, 6.07) is 6.90. The number of halogens is 2. The van der Waals surface area contributed by atoms with Crippen molar-refractivity contribution in [2.75, 3.05) is 11.9 Å². The van der Waals surface area contributed by atoms with Crippen molar-refractivity contribution in [2.24, 2.45) is 11.7 Å². The smallest absolute Gasteiger partial charge is 0.267 e. The highest BCUT2D eigenvalue weighted by Gasteiger charge is 2.33. The van der Waals surface area contributed by atoms with Gasteiger partial charge in [0.1, 0.15) is 11.8 Å².